The molecule has 1 aliphatic carbocycles. The third-order valence-corrected chi connectivity index (χ3v) is 6.33. The first kappa shape index (κ1) is 19.6. The van der Waals surface area contributed by atoms with E-state index < -0.39 is 0 Å². The summed E-state index contributed by atoms with van der Waals surface area (Å²) in [6, 6.07) is 14.1. The summed E-state index contributed by atoms with van der Waals surface area (Å²) in [6.45, 7) is 4.13. The summed E-state index contributed by atoms with van der Waals surface area (Å²) in [5.41, 5.74) is 6.13. The van der Waals surface area contributed by atoms with Crippen LogP contribution in [0.5, 0.6) is 0 Å². The zero-order chi connectivity index (χ0) is 21.5. The van der Waals surface area contributed by atoms with E-state index in [1.54, 1.807) is 13.1 Å². The van der Waals surface area contributed by atoms with Crippen molar-refractivity contribution in [2.45, 2.75) is 32.9 Å². The van der Waals surface area contributed by atoms with Crippen molar-refractivity contribution in [2.24, 2.45) is 0 Å². The van der Waals surface area contributed by atoms with Crippen LogP contribution in [0.25, 0.3) is 21.8 Å². The van der Waals surface area contributed by atoms with Crippen LogP contribution in [-0.4, -0.2) is 39.6 Å². The highest BCUT2D eigenvalue weighted by Crippen LogP contribution is 2.37. The fourth-order valence-electron chi connectivity index (χ4n) is 4.77. The van der Waals surface area contributed by atoms with Crippen LogP contribution in [0.1, 0.15) is 45.2 Å². The summed E-state index contributed by atoms with van der Waals surface area (Å²) in [5, 5.41) is 2.21. The van der Waals surface area contributed by atoms with Crippen molar-refractivity contribution in [3.8, 4) is 0 Å². The maximum Gasteiger partial charge on any atom is 0.163 e. The molecule has 0 radical (unpaired) electrons. The highest BCUT2D eigenvalue weighted by Gasteiger charge is 2.25. The van der Waals surface area contributed by atoms with Gasteiger partial charge < -0.3 is 9.47 Å². The number of pyridine rings is 1. The van der Waals surface area contributed by atoms with Crippen molar-refractivity contribution in [3.63, 3.8) is 0 Å². The second kappa shape index (κ2) is 7.75. The van der Waals surface area contributed by atoms with Crippen molar-refractivity contribution >= 4 is 33.4 Å². The lowest BCUT2D eigenvalue weighted by Gasteiger charge is -2.18. The van der Waals surface area contributed by atoms with E-state index in [-0.39, 0.29) is 11.6 Å². The van der Waals surface area contributed by atoms with Crippen LogP contribution in [0.3, 0.4) is 0 Å². The zero-order valence-electron chi connectivity index (χ0n) is 17.9. The van der Waals surface area contributed by atoms with Crippen molar-refractivity contribution in [2.75, 3.05) is 13.6 Å². The lowest BCUT2D eigenvalue weighted by Crippen LogP contribution is -2.22. The van der Waals surface area contributed by atoms with Gasteiger partial charge in [-0.15, -0.1) is 0 Å². The largest absolute Gasteiger partial charge is 0.339 e. The van der Waals surface area contributed by atoms with Crippen LogP contribution in [0, 0.1) is 0 Å². The summed E-state index contributed by atoms with van der Waals surface area (Å²) in [7, 11) is 2.12. The summed E-state index contributed by atoms with van der Waals surface area (Å²) >= 11 is 0. The molecular weight excluding hydrogens is 386 g/mol. The van der Waals surface area contributed by atoms with Gasteiger partial charge in [0.2, 0.25) is 0 Å². The van der Waals surface area contributed by atoms with E-state index in [1.807, 2.05) is 30.5 Å². The van der Waals surface area contributed by atoms with Crippen LogP contribution in [0.15, 0.2) is 54.9 Å². The Kier molecular flexibility index (Phi) is 4.91. The van der Waals surface area contributed by atoms with Gasteiger partial charge >= 0.3 is 0 Å². The average Bonchev–Trinajstić information content (AvgIpc) is 3.30. The molecule has 0 atom stereocenters. The summed E-state index contributed by atoms with van der Waals surface area (Å²) in [6.07, 6.45) is 5.04. The number of fused-ring (bicyclic) bond motifs is 5. The van der Waals surface area contributed by atoms with Gasteiger partial charge in [0.1, 0.15) is 0 Å². The Hall–Kier alpha value is -3.31. The molecule has 5 nitrogen and oxygen atoms in total. The fraction of sp³-hybridized carbons (Fsp3) is 0.269. The molecule has 156 valence electrons. The topological polar surface area (TPSA) is 55.2 Å². The molecule has 0 spiro atoms. The first-order chi connectivity index (χ1) is 15.0. The van der Waals surface area contributed by atoms with Gasteiger partial charge in [0.05, 0.1) is 0 Å². The van der Waals surface area contributed by atoms with Gasteiger partial charge in [0, 0.05) is 71.4 Å². The van der Waals surface area contributed by atoms with Gasteiger partial charge in [-0.25, -0.2) is 0 Å². The van der Waals surface area contributed by atoms with Crippen LogP contribution in [-0.2, 0) is 19.5 Å². The molecule has 0 saturated heterocycles. The fourth-order valence-corrected chi connectivity index (χ4v) is 4.77. The van der Waals surface area contributed by atoms with E-state index in [2.05, 4.69) is 39.7 Å². The Bertz CT molecular complexity index is 1320. The normalized spacial score (nSPS) is 13.5. The minimum atomic E-state index is 0.0580. The van der Waals surface area contributed by atoms with Crippen molar-refractivity contribution in [1.29, 1.82) is 0 Å². The minimum absolute atomic E-state index is 0.0580. The van der Waals surface area contributed by atoms with E-state index in [1.165, 1.54) is 5.56 Å². The standard InChI is InChI=1S/C26H25N3O2/c1-17(30)19-5-8-23-22(14-19)26-21-7-10-25(31)20(21)6-9-24(26)29(23)13-12-28(2)16-18-4-3-11-27-15-18/h3-6,8-9,11,14-15H,7,10,12-13,16H2,1-2H3. The minimum Gasteiger partial charge on any atom is -0.339 e. The number of benzene rings is 2. The quantitative estimate of drug-likeness (QED) is 0.433. The van der Waals surface area contributed by atoms with Gasteiger partial charge in [-0.05, 0) is 67.9 Å². The van der Waals surface area contributed by atoms with Gasteiger partial charge in [-0.2, -0.15) is 0 Å². The lowest BCUT2D eigenvalue weighted by molar-refractivity contribution is 0.0991. The van der Waals surface area contributed by atoms with E-state index in [4.69, 9.17) is 0 Å². The van der Waals surface area contributed by atoms with Crippen LogP contribution in [0.2, 0.25) is 0 Å². The predicted molar refractivity (Wildman–Crippen MR) is 123 cm³/mol. The number of nitrogens with zero attached hydrogens (tertiary/aromatic N) is 3. The Morgan fingerprint density at radius 1 is 1.13 bits per heavy atom. The van der Waals surface area contributed by atoms with Crippen LogP contribution < -0.4 is 0 Å². The van der Waals surface area contributed by atoms with Crippen molar-refractivity contribution < 1.29 is 9.59 Å². The number of likely N-dealkylation sites (N-methyl/N-ethyl adjacent to an activating group) is 1. The summed E-state index contributed by atoms with van der Waals surface area (Å²) in [4.78, 5) is 30.9. The molecule has 2 aromatic carbocycles. The number of carbonyl (C=O) groups excluding carboxylic acids is 2. The van der Waals surface area contributed by atoms with Crippen LogP contribution in [0.4, 0.5) is 0 Å². The highest BCUT2D eigenvalue weighted by molar-refractivity contribution is 6.16. The molecule has 2 heterocycles. The van der Waals surface area contributed by atoms with E-state index in [0.717, 1.165) is 59.0 Å². The van der Waals surface area contributed by atoms with E-state index in [9.17, 15) is 9.59 Å². The molecular formula is C26H25N3O2. The molecule has 0 bridgehead atoms. The highest BCUT2D eigenvalue weighted by atomic mass is 16.1. The van der Waals surface area contributed by atoms with E-state index >= 15 is 0 Å². The lowest BCUT2D eigenvalue weighted by atomic mass is 10.0. The molecule has 2 aromatic heterocycles. The molecule has 5 rings (SSSR count). The van der Waals surface area contributed by atoms with Gasteiger partial charge in [-0.1, -0.05) is 6.07 Å². The monoisotopic (exact) mass is 411 g/mol. The number of aryl methyl sites for hydroxylation is 1. The molecule has 1 aliphatic rings. The zero-order valence-corrected chi connectivity index (χ0v) is 17.9. The maximum atomic E-state index is 12.3. The number of ketones is 2. The van der Waals surface area contributed by atoms with Crippen molar-refractivity contribution in [3.05, 3.63) is 77.1 Å². The molecule has 0 unspecified atom stereocenters. The van der Waals surface area contributed by atoms with Gasteiger partial charge in [0.25, 0.3) is 0 Å². The van der Waals surface area contributed by atoms with Gasteiger partial charge in [-0.3, -0.25) is 14.6 Å². The number of hydrogen-bond donors (Lipinski definition) is 0. The molecule has 0 amide bonds. The molecule has 5 heteroatoms. The van der Waals surface area contributed by atoms with Gasteiger partial charge in [0.15, 0.2) is 11.6 Å². The Labute approximate surface area is 181 Å². The Balaban J connectivity index is 1.57. The predicted octanol–water partition coefficient (Wildman–Crippen LogP) is 4.65. The first-order valence-electron chi connectivity index (χ1n) is 10.7. The maximum absolute atomic E-state index is 12.3. The molecule has 4 aromatic rings. The molecule has 0 N–H and O–H groups in total. The smallest absolute Gasteiger partial charge is 0.163 e. The summed E-state index contributed by atoms with van der Waals surface area (Å²) < 4.78 is 2.33. The SMILES string of the molecule is CC(=O)c1ccc2c(c1)c1c3c(ccc1n2CCN(C)Cc1cccnc1)C(=O)CC3. The number of Topliss-reactive ketones (excluding diaryl/α,β-unsaturated/α-hetero) is 2. The Morgan fingerprint density at radius 2 is 1.97 bits per heavy atom. The third kappa shape index (κ3) is 3.45. The molecule has 31 heavy (non-hydrogen) atoms. The number of carbonyl (C=O) groups is 2. The second-order valence-electron chi connectivity index (χ2n) is 8.45. The molecule has 0 saturated carbocycles. The first-order valence-corrected chi connectivity index (χ1v) is 10.7. The van der Waals surface area contributed by atoms with E-state index in [0.29, 0.717) is 12.0 Å². The van der Waals surface area contributed by atoms with Crippen LogP contribution >= 0.6 is 0 Å². The number of rotatable bonds is 6. The molecule has 0 aliphatic heterocycles. The summed E-state index contributed by atoms with van der Waals surface area (Å²) in [5.74, 6) is 0.277. The Morgan fingerprint density at radius 3 is 2.74 bits per heavy atom. The number of hydrogen-bond acceptors (Lipinski definition) is 4. The second-order valence-corrected chi connectivity index (χ2v) is 8.45. The average molecular weight is 412 g/mol. The molecule has 0 fully saturated rings. The number of aromatic nitrogens is 2. The van der Waals surface area contributed by atoms with Crippen molar-refractivity contribution in [1.82, 2.24) is 14.5 Å². The third-order valence-electron chi connectivity index (χ3n) is 6.33.